The highest BCUT2D eigenvalue weighted by atomic mass is 32.2. The van der Waals surface area contributed by atoms with E-state index in [1.165, 1.54) is 0 Å². The van der Waals surface area contributed by atoms with Gasteiger partial charge in [0.2, 0.25) is 0 Å². The van der Waals surface area contributed by atoms with E-state index >= 15 is 0 Å². The predicted octanol–water partition coefficient (Wildman–Crippen LogP) is 0.750. The minimum Gasteiger partial charge on any atom is -0.324 e. The molecule has 0 aliphatic carbocycles. The molecule has 1 aromatic rings. The van der Waals surface area contributed by atoms with E-state index in [2.05, 4.69) is 0 Å². The van der Waals surface area contributed by atoms with Gasteiger partial charge in [-0.2, -0.15) is 8.42 Å². The van der Waals surface area contributed by atoms with Crippen molar-refractivity contribution in [1.29, 1.82) is 0 Å². The Morgan fingerprint density at radius 2 is 1.88 bits per heavy atom. The molecule has 0 radical (unpaired) electrons. The molecule has 1 rings (SSSR count). The van der Waals surface area contributed by atoms with Crippen LogP contribution in [-0.4, -0.2) is 22.8 Å². The molecule has 0 bridgehead atoms. The van der Waals surface area contributed by atoms with E-state index in [4.69, 9.17) is 14.3 Å². The van der Waals surface area contributed by atoms with E-state index in [1.54, 1.807) is 0 Å². The van der Waals surface area contributed by atoms with Crippen LogP contribution in [0.1, 0.15) is 5.56 Å². The molecule has 0 fully saturated rings. The third-order valence-electron chi connectivity index (χ3n) is 1.68. The Labute approximate surface area is 90.6 Å². The maximum absolute atomic E-state index is 12.8. The molecule has 0 aromatic heterocycles. The van der Waals surface area contributed by atoms with Crippen LogP contribution in [0.4, 0.5) is 4.39 Å². The van der Waals surface area contributed by atoms with Crippen LogP contribution < -0.4 is 0 Å². The first-order valence-corrected chi connectivity index (χ1v) is 7.14. The summed E-state index contributed by atoms with van der Waals surface area (Å²) in [6, 6.07) is 2.17. The number of benzene rings is 1. The van der Waals surface area contributed by atoms with Crippen LogP contribution in [0.5, 0.6) is 0 Å². The van der Waals surface area contributed by atoms with Crippen molar-refractivity contribution in [3.63, 3.8) is 0 Å². The lowest BCUT2D eigenvalue weighted by atomic mass is 10.2. The number of rotatable bonds is 3. The molecule has 16 heavy (non-hydrogen) atoms. The molecule has 6 nitrogen and oxygen atoms in total. The lowest BCUT2D eigenvalue weighted by molar-refractivity contribution is 0.371. The van der Waals surface area contributed by atoms with Gasteiger partial charge in [0.15, 0.2) is 0 Å². The van der Waals surface area contributed by atoms with E-state index in [9.17, 15) is 17.4 Å². The topological polar surface area (TPSA) is 112 Å². The van der Waals surface area contributed by atoms with Crippen LogP contribution >= 0.6 is 7.60 Å². The maximum atomic E-state index is 12.8. The largest absolute Gasteiger partial charge is 0.329 e. The van der Waals surface area contributed by atoms with Crippen LogP contribution in [0.2, 0.25) is 0 Å². The van der Waals surface area contributed by atoms with Crippen molar-refractivity contribution in [2.24, 2.45) is 0 Å². The van der Waals surface area contributed by atoms with Gasteiger partial charge in [0, 0.05) is 0 Å². The molecule has 9 heteroatoms. The summed E-state index contributed by atoms with van der Waals surface area (Å²) in [6.45, 7) is 0. The number of hydrogen-bond donors (Lipinski definition) is 3. The standard InChI is InChI=1S/C7H8FO6PS/c8-6-1-2-7(16(12,13)14)5(3-6)4-15(9,10)11/h1-3H,4H2,(H2,9,10,11)(H,12,13,14). The molecule has 0 atom stereocenters. The first kappa shape index (κ1) is 13.3. The molecule has 0 heterocycles. The van der Waals surface area contributed by atoms with Crippen molar-refractivity contribution < 1.29 is 31.7 Å². The van der Waals surface area contributed by atoms with E-state index in [1.807, 2.05) is 0 Å². The zero-order valence-electron chi connectivity index (χ0n) is 7.74. The molecule has 0 saturated heterocycles. The number of hydrogen-bond acceptors (Lipinski definition) is 3. The monoisotopic (exact) mass is 270 g/mol. The van der Waals surface area contributed by atoms with Gasteiger partial charge >= 0.3 is 7.60 Å². The minimum atomic E-state index is -4.63. The molecule has 0 aliphatic rings. The Kier molecular flexibility index (Phi) is 3.51. The third kappa shape index (κ3) is 3.66. The van der Waals surface area contributed by atoms with Gasteiger partial charge in [0.1, 0.15) is 5.82 Å². The SMILES string of the molecule is O=P(O)(O)Cc1cc(F)ccc1S(=O)(=O)O. The molecular formula is C7H8FO6PS. The Morgan fingerprint density at radius 3 is 2.31 bits per heavy atom. The summed E-state index contributed by atoms with van der Waals surface area (Å²) in [7, 11) is -9.18. The molecular weight excluding hydrogens is 262 g/mol. The molecule has 0 saturated carbocycles. The summed E-state index contributed by atoms with van der Waals surface area (Å²) in [6.07, 6.45) is -0.958. The smallest absolute Gasteiger partial charge is 0.324 e. The summed E-state index contributed by atoms with van der Waals surface area (Å²) >= 11 is 0. The lowest BCUT2D eigenvalue weighted by Gasteiger charge is -2.08. The van der Waals surface area contributed by atoms with E-state index in [0.29, 0.717) is 6.07 Å². The predicted molar refractivity (Wildman–Crippen MR) is 52.0 cm³/mol. The highest BCUT2D eigenvalue weighted by molar-refractivity contribution is 7.86. The lowest BCUT2D eigenvalue weighted by Crippen LogP contribution is -2.04. The molecule has 0 unspecified atom stereocenters. The normalized spacial score (nSPS) is 12.8. The van der Waals surface area contributed by atoms with Crippen molar-refractivity contribution in [3.05, 3.63) is 29.6 Å². The van der Waals surface area contributed by atoms with Crippen LogP contribution in [0, 0.1) is 5.82 Å². The Bertz CT molecular complexity index is 548. The summed E-state index contributed by atoms with van der Waals surface area (Å²) in [5, 5.41) is 0. The summed E-state index contributed by atoms with van der Waals surface area (Å²) in [5.74, 6) is -0.851. The van der Waals surface area contributed by atoms with Gasteiger partial charge in [-0.3, -0.25) is 9.12 Å². The van der Waals surface area contributed by atoms with Gasteiger partial charge < -0.3 is 9.79 Å². The fourth-order valence-corrected chi connectivity index (χ4v) is 2.66. The van der Waals surface area contributed by atoms with Gasteiger partial charge in [-0.05, 0) is 23.8 Å². The average Bonchev–Trinajstić information content (AvgIpc) is 1.97. The van der Waals surface area contributed by atoms with Crippen molar-refractivity contribution in [2.45, 2.75) is 11.1 Å². The summed E-state index contributed by atoms with van der Waals surface area (Å²) < 4.78 is 53.9. The fraction of sp³-hybridized carbons (Fsp3) is 0.143. The molecule has 90 valence electrons. The Balaban J connectivity index is 3.36. The molecule has 0 spiro atoms. The van der Waals surface area contributed by atoms with Gasteiger partial charge in [-0.15, -0.1) is 0 Å². The molecule has 0 aliphatic heterocycles. The average molecular weight is 270 g/mol. The Morgan fingerprint density at radius 1 is 1.31 bits per heavy atom. The maximum Gasteiger partial charge on any atom is 0.329 e. The second-order valence-corrected chi connectivity index (χ2v) is 6.09. The van der Waals surface area contributed by atoms with Gasteiger partial charge in [-0.1, -0.05) is 0 Å². The number of halogens is 1. The molecule has 1 aromatic carbocycles. The van der Waals surface area contributed by atoms with Crippen molar-refractivity contribution >= 4 is 17.7 Å². The van der Waals surface area contributed by atoms with Crippen LogP contribution in [-0.2, 0) is 20.8 Å². The first-order valence-electron chi connectivity index (χ1n) is 3.90. The Hall–Kier alpha value is -0.790. The first-order chi connectivity index (χ1) is 7.09. The highest BCUT2D eigenvalue weighted by Crippen LogP contribution is 2.40. The van der Waals surface area contributed by atoms with Gasteiger partial charge in [-0.25, -0.2) is 4.39 Å². The van der Waals surface area contributed by atoms with Crippen LogP contribution in [0.3, 0.4) is 0 Å². The summed E-state index contributed by atoms with van der Waals surface area (Å²) in [4.78, 5) is 16.6. The van der Waals surface area contributed by atoms with Crippen molar-refractivity contribution in [1.82, 2.24) is 0 Å². The van der Waals surface area contributed by atoms with E-state index in [-0.39, 0.29) is 0 Å². The fourth-order valence-electron chi connectivity index (χ4n) is 1.15. The van der Waals surface area contributed by atoms with E-state index < -0.39 is 40.2 Å². The zero-order valence-corrected chi connectivity index (χ0v) is 9.45. The van der Waals surface area contributed by atoms with Crippen molar-refractivity contribution in [2.75, 3.05) is 0 Å². The minimum absolute atomic E-state index is 0.462. The van der Waals surface area contributed by atoms with Gasteiger partial charge in [0.25, 0.3) is 10.1 Å². The van der Waals surface area contributed by atoms with Crippen LogP contribution in [0.25, 0.3) is 0 Å². The molecule has 3 N–H and O–H groups in total. The van der Waals surface area contributed by atoms with E-state index in [0.717, 1.165) is 12.1 Å². The second-order valence-electron chi connectivity index (χ2n) is 3.05. The highest BCUT2D eigenvalue weighted by Gasteiger charge is 2.22. The molecule has 0 amide bonds. The van der Waals surface area contributed by atoms with Crippen molar-refractivity contribution in [3.8, 4) is 0 Å². The second kappa shape index (κ2) is 4.23. The zero-order chi connectivity index (χ0) is 12.6. The summed E-state index contributed by atoms with van der Waals surface area (Å²) in [5.41, 5.74) is -0.462. The third-order valence-corrected chi connectivity index (χ3v) is 3.38. The van der Waals surface area contributed by atoms with Gasteiger partial charge in [0.05, 0.1) is 11.1 Å². The van der Waals surface area contributed by atoms with Crippen LogP contribution in [0.15, 0.2) is 23.1 Å². The quantitative estimate of drug-likeness (QED) is 0.552.